The molecule has 3 nitrogen and oxygen atoms in total. The second-order valence-corrected chi connectivity index (χ2v) is 5.80. The number of benzene rings is 2. The third kappa shape index (κ3) is 3.74. The van der Waals surface area contributed by atoms with Crippen LogP contribution in [0.25, 0.3) is 0 Å². The summed E-state index contributed by atoms with van der Waals surface area (Å²) in [5.41, 5.74) is 4.09. The van der Waals surface area contributed by atoms with E-state index < -0.39 is 0 Å². The molecule has 0 spiro atoms. The number of nitrogens with two attached hydrogens (primary N) is 1. The van der Waals surface area contributed by atoms with E-state index >= 15 is 0 Å². The molecule has 0 heterocycles. The zero-order valence-corrected chi connectivity index (χ0v) is 13.5. The molecule has 2 aromatic rings. The zero-order chi connectivity index (χ0) is 16.1. The van der Waals surface area contributed by atoms with Gasteiger partial charge in [-0.05, 0) is 38.0 Å². The molecule has 2 N–H and O–H groups in total. The summed E-state index contributed by atoms with van der Waals surface area (Å²) in [6.45, 7) is 6.14. The van der Waals surface area contributed by atoms with Gasteiger partial charge < -0.3 is 0 Å². The van der Waals surface area contributed by atoms with E-state index in [-0.39, 0.29) is 11.8 Å². The Morgan fingerprint density at radius 2 is 1.50 bits per heavy atom. The molecule has 0 radical (unpaired) electrons. The third-order valence-corrected chi connectivity index (χ3v) is 3.90. The number of carbonyl (C=O) groups excluding carboxylic acids is 1. The van der Waals surface area contributed by atoms with Gasteiger partial charge in [0.25, 0.3) is 0 Å². The summed E-state index contributed by atoms with van der Waals surface area (Å²) < 4.78 is 0. The summed E-state index contributed by atoms with van der Waals surface area (Å²) in [6.07, 6.45) is 1.73. The molecule has 0 aliphatic carbocycles. The van der Waals surface area contributed by atoms with Crippen molar-refractivity contribution in [2.45, 2.75) is 39.5 Å². The molecule has 0 saturated heterocycles. The molecule has 0 fully saturated rings. The SMILES string of the molecule is CCCC(C(=O)N(N)c1ccc(C)cc1)c1ccc(C)cc1. The minimum atomic E-state index is -0.197. The highest BCUT2D eigenvalue weighted by Gasteiger charge is 2.24. The number of carbonyl (C=O) groups is 1. The molecule has 3 heteroatoms. The molecule has 2 rings (SSSR count). The van der Waals surface area contributed by atoms with Gasteiger partial charge >= 0.3 is 0 Å². The van der Waals surface area contributed by atoms with Crippen LogP contribution in [0, 0.1) is 13.8 Å². The molecular weight excluding hydrogens is 272 g/mol. The summed E-state index contributed by atoms with van der Waals surface area (Å²) in [5.74, 6) is 5.81. The van der Waals surface area contributed by atoms with Gasteiger partial charge in [0.15, 0.2) is 0 Å². The smallest absolute Gasteiger partial charge is 0.248 e. The first-order valence-corrected chi connectivity index (χ1v) is 7.74. The van der Waals surface area contributed by atoms with Crippen LogP contribution in [-0.2, 0) is 4.79 Å². The summed E-state index contributed by atoms with van der Waals surface area (Å²) >= 11 is 0. The van der Waals surface area contributed by atoms with Gasteiger partial charge in [0.1, 0.15) is 0 Å². The van der Waals surface area contributed by atoms with Crippen molar-refractivity contribution < 1.29 is 4.79 Å². The van der Waals surface area contributed by atoms with E-state index in [1.165, 1.54) is 10.6 Å². The largest absolute Gasteiger partial charge is 0.272 e. The highest BCUT2D eigenvalue weighted by Crippen LogP contribution is 2.25. The number of hydrazine groups is 1. The molecule has 0 bridgehead atoms. The highest BCUT2D eigenvalue weighted by atomic mass is 16.2. The Balaban J connectivity index is 2.25. The van der Waals surface area contributed by atoms with Crippen molar-refractivity contribution in [2.75, 3.05) is 5.01 Å². The number of aryl methyl sites for hydroxylation is 2. The predicted octanol–water partition coefficient (Wildman–Crippen LogP) is 4.09. The van der Waals surface area contributed by atoms with Crippen molar-refractivity contribution >= 4 is 11.6 Å². The van der Waals surface area contributed by atoms with Crippen LogP contribution >= 0.6 is 0 Å². The second kappa shape index (κ2) is 7.23. The fourth-order valence-corrected chi connectivity index (χ4v) is 2.52. The molecule has 0 saturated carbocycles. The Kier molecular flexibility index (Phi) is 5.34. The van der Waals surface area contributed by atoms with Gasteiger partial charge in [0, 0.05) is 0 Å². The lowest BCUT2D eigenvalue weighted by molar-refractivity contribution is -0.120. The van der Waals surface area contributed by atoms with Gasteiger partial charge in [-0.2, -0.15) is 0 Å². The molecular formula is C19H24N2O. The number of rotatable bonds is 5. The minimum absolute atomic E-state index is 0.0606. The van der Waals surface area contributed by atoms with Gasteiger partial charge in [-0.25, -0.2) is 10.9 Å². The number of hydrogen-bond donors (Lipinski definition) is 1. The first-order valence-electron chi connectivity index (χ1n) is 7.74. The number of hydrogen-bond acceptors (Lipinski definition) is 2. The van der Waals surface area contributed by atoms with Crippen molar-refractivity contribution in [2.24, 2.45) is 5.84 Å². The molecule has 2 aromatic carbocycles. The lowest BCUT2D eigenvalue weighted by atomic mass is 9.92. The molecule has 0 aliphatic rings. The fraction of sp³-hybridized carbons (Fsp3) is 0.316. The molecule has 1 unspecified atom stereocenters. The maximum atomic E-state index is 12.8. The Hall–Kier alpha value is -2.13. The molecule has 116 valence electrons. The van der Waals surface area contributed by atoms with Gasteiger partial charge in [-0.15, -0.1) is 0 Å². The van der Waals surface area contributed by atoms with Crippen LogP contribution in [0.3, 0.4) is 0 Å². The Bertz CT molecular complexity index is 617. The monoisotopic (exact) mass is 296 g/mol. The maximum Gasteiger partial charge on any atom is 0.248 e. The Labute approximate surface area is 132 Å². The maximum absolute atomic E-state index is 12.8. The van der Waals surface area contributed by atoms with Crippen LogP contribution < -0.4 is 10.9 Å². The van der Waals surface area contributed by atoms with E-state index in [9.17, 15) is 4.79 Å². The number of nitrogens with zero attached hydrogens (tertiary/aromatic N) is 1. The summed E-state index contributed by atoms with van der Waals surface area (Å²) in [7, 11) is 0. The van der Waals surface area contributed by atoms with Crippen LogP contribution in [-0.4, -0.2) is 5.91 Å². The number of amides is 1. The molecule has 1 atom stereocenters. The summed E-state index contributed by atoms with van der Waals surface area (Å²) in [6, 6.07) is 15.8. The van der Waals surface area contributed by atoms with Crippen molar-refractivity contribution in [1.82, 2.24) is 0 Å². The quantitative estimate of drug-likeness (QED) is 0.513. The van der Waals surface area contributed by atoms with Crippen LogP contribution in [0.5, 0.6) is 0 Å². The van der Waals surface area contributed by atoms with Crippen molar-refractivity contribution in [3.05, 3.63) is 65.2 Å². The van der Waals surface area contributed by atoms with E-state index in [1.807, 2.05) is 62.4 Å². The summed E-state index contributed by atoms with van der Waals surface area (Å²) in [5, 5.41) is 1.28. The topological polar surface area (TPSA) is 46.3 Å². The first-order chi connectivity index (χ1) is 10.5. The van der Waals surface area contributed by atoms with E-state index in [2.05, 4.69) is 6.92 Å². The predicted molar refractivity (Wildman–Crippen MR) is 91.7 cm³/mol. The fourth-order valence-electron chi connectivity index (χ4n) is 2.52. The molecule has 22 heavy (non-hydrogen) atoms. The van der Waals surface area contributed by atoms with E-state index in [1.54, 1.807) is 0 Å². The van der Waals surface area contributed by atoms with Crippen molar-refractivity contribution in [3.8, 4) is 0 Å². The number of anilines is 1. The molecule has 1 amide bonds. The normalized spacial score (nSPS) is 12.0. The lowest BCUT2D eigenvalue weighted by Crippen LogP contribution is -2.40. The lowest BCUT2D eigenvalue weighted by Gasteiger charge is -2.23. The standard InChI is InChI=1S/C19H24N2O/c1-4-5-18(16-10-6-14(2)7-11-16)19(22)21(20)17-12-8-15(3)9-13-17/h6-13,18H,4-5,20H2,1-3H3. The van der Waals surface area contributed by atoms with Gasteiger partial charge in [-0.1, -0.05) is 60.9 Å². The molecule has 0 aliphatic heterocycles. The zero-order valence-electron chi connectivity index (χ0n) is 13.5. The van der Waals surface area contributed by atoms with Gasteiger partial charge in [0.05, 0.1) is 11.6 Å². The Morgan fingerprint density at radius 3 is 2.00 bits per heavy atom. The van der Waals surface area contributed by atoms with E-state index in [4.69, 9.17) is 5.84 Å². The van der Waals surface area contributed by atoms with Crippen molar-refractivity contribution in [3.63, 3.8) is 0 Å². The van der Waals surface area contributed by atoms with Gasteiger partial charge in [0.2, 0.25) is 5.91 Å². The van der Waals surface area contributed by atoms with Crippen molar-refractivity contribution in [1.29, 1.82) is 0 Å². The second-order valence-electron chi connectivity index (χ2n) is 5.80. The van der Waals surface area contributed by atoms with Crippen LogP contribution in [0.1, 0.15) is 42.4 Å². The third-order valence-electron chi connectivity index (χ3n) is 3.90. The average molecular weight is 296 g/mol. The highest BCUT2D eigenvalue weighted by molar-refractivity contribution is 5.97. The van der Waals surface area contributed by atoms with Gasteiger partial charge in [-0.3, -0.25) is 4.79 Å². The van der Waals surface area contributed by atoms with E-state index in [0.29, 0.717) is 0 Å². The van der Waals surface area contributed by atoms with E-state index in [0.717, 1.165) is 29.7 Å². The minimum Gasteiger partial charge on any atom is -0.272 e. The van der Waals surface area contributed by atoms with Crippen LogP contribution in [0.15, 0.2) is 48.5 Å². The first kappa shape index (κ1) is 16.2. The average Bonchev–Trinajstić information content (AvgIpc) is 2.53. The molecule has 0 aromatic heterocycles. The Morgan fingerprint density at radius 1 is 1.00 bits per heavy atom. The summed E-state index contributed by atoms with van der Waals surface area (Å²) in [4.78, 5) is 12.8. The van der Waals surface area contributed by atoms with Crippen LogP contribution in [0.2, 0.25) is 0 Å². The van der Waals surface area contributed by atoms with Crippen LogP contribution in [0.4, 0.5) is 5.69 Å².